The van der Waals surface area contributed by atoms with Gasteiger partial charge in [0.25, 0.3) is 0 Å². The van der Waals surface area contributed by atoms with Crippen molar-refractivity contribution < 1.29 is 0 Å². The predicted molar refractivity (Wildman–Crippen MR) is 38.4 cm³/mol. The Labute approximate surface area is 56.4 Å². The summed E-state index contributed by atoms with van der Waals surface area (Å²) >= 11 is 0. The molecule has 1 atom stereocenters. The molecule has 2 aliphatic rings. The van der Waals surface area contributed by atoms with Gasteiger partial charge in [-0.05, 0) is 25.8 Å². The van der Waals surface area contributed by atoms with Gasteiger partial charge in [0, 0.05) is 12.6 Å². The van der Waals surface area contributed by atoms with E-state index in [-0.39, 0.29) is 0 Å². The Morgan fingerprint density at radius 2 is 2.33 bits per heavy atom. The molecule has 1 nitrogen and oxygen atoms in total. The van der Waals surface area contributed by atoms with Crippen molar-refractivity contribution in [3.05, 3.63) is 12.2 Å². The van der Waals surface area contributed by atoms with Crippen molar-refractivity contribution in [3.63, 3.8) is 0 Å². The van der Waals surface area contributed by atoms with E-state index in [1.54, 1.807) is 0 Å². The minimum Gasteiger partial charge on any atom is -0.297 e. The molecule has 50 valence electrons. The summed E-state index contributed by atoms with van der Waals surface area (Å²) < 4.78 is 0. The Morgan fingerprint density at radius 1 is 1.33 bits per heavy atom. The molecular weight excluding hydrogens is 110 g/mol. The lowest BCUT2D eigenvalue weighted by Crippen LogP contribution is -2.30. The number of hydrogen-bond acceptors (Lipinski definition) is 1. The summed E-state index contributed by atoms with van der Waals surface area (Å²) in [6.45, 7) is 2.65. The van der Waals surface area contributed by atoms with Crippen molar-refractivity contribution in [2.45, 2.75) is 25.3 Å². The standard InChI is InChI=1S/C8H13N/c1-2-6-9-7-3-5-8(9)4-1/h1,4,8H,2-3,5-7H2/t8-/m0/s1. The Bertz CT molecular complexity index is 129. The molecule has 0 aromatic rings. The molecule has 1 fully saturated rings. The van der Waals surface area contributed by atoms with Crippen LogP contribution in [0, 0.1) is 0 Å². The second kappa shape index (κ2) is 2.14. The van der Waals surface area contributed by atoms with E-state index in [1.807, 2.05) is 0 Å². The van der Waals surface area contributed by atoms with Crippen LogP contribution in [0.5, 0.6) is 0 Å². The summed E-state index contributed by atoms with van der Waals surface area (Å²) in [5.74, 6) is 0. The predicted octanol–water partition coefficient (Wildman–Crippen LogP) is 1.41. The van der Waals surface area contributed by atoms with Gasteiger partial charge in [-0.15, -0.1) is 0 Å². The SMILES string of the molecule is C1=C[C@H]2CCCN2CC1. The normalized spacial score (nSPS) is 34.9. The van der Waals surface area contributed by atoms with E-state index in [2.05, 4.69) is 17.1 Å². The molecule has 0 bridgehead atoms. The van der Waals surface area contributed by atoms with Crippen molar-refractivity contribution >= 4 is 0 Å². The van der Waals surface area contributed by atoms with Crippen LogP contribution in [-0.4, -0.2) is 24.0 Å². The second-order valence-corrected chi connectivity index (χ2v) is 2.96. The lowest BCUT2D eigenvalue weighted by atomic mass is 10.1. The van der Waals surface area contributed by atoms with Crippen LogP contribution in [-0.2, 0) is 0 Å². The molecule has 1 saturated heterocycles. The van der Waals surface area contributed by atoms with E-state index in [9.17, 15) is 0 Å². The average molecular weight is 123 g/mol. The summed E-state index contributed by atoms with van der Waals surface area (Å²) in [4.78, 5) is 2.58. The molecule has 2 heterocycles. The van der Waals surface area contributed by atoms with Gasteiger partial charge in [0.05, 0.1) is 0 Å². The van der Waals surface area contributed by atoms with Crippen LogP contribution in [0.1, 0.15) is 19.3 Å². The van der Waals surface area contributed by atoms with E-state index in [0.717, 1.165) is 6.04 Å². The van der Waals surface area contributed by atoms with Crippen LogP contribution in [0.2, 0.25) is 0 Å². The molecular formula is C8H13N. The molecule has 0 aromatic heterocycles. The fraction of sp³-hybridized carbons (Fsp3) is 0.750. The van der Waals surface area contributed by atoms with Crippen molar-refractivity contribution in [2.75, 3.05) is 13.1 Å². The van der Waals surface area contributed by atoms with Crippen LogP contribution in [0.3, 0.4) is 0 Å². The second-order valence-electron chi connectivity index (χ2n) is 2.96. The summed E-state index contributed by atoms with van der Waals surface area (Å²) in [7, 11) is 0. The number of hydrogen-bond donors (Lipinski definition) is 0. The summed E-state index contributed by atoms with van der Waals surface area (Å²) in [6.07, 6.45) is 8.78. The highest BCUT2D eigenvalue weighted by Gasteiger charge is 2.22. The lowest BCUT2D eigenvalue weighted by Gasteiger charge is -2.24. The maximum atomic E-state index is 2.58. The summed E-state index contributed by atoms with van der Waals surface area (Å²) in [5, 5.41) is 0. The smallest absolute Gasteiger partial charge is 0.0278 e. The molecule has 0 spiro atoms. The fourth-order valence-electron chi connectivity index (χ4n) is 1.84. The first kappa shape index (κ1) is 5.48. The molecule has 0 amide bonds. The van der Waals surface area contributed by atoms with E-state index in [4.69, 9.17) is 0 Å². The molecule has 0 saturated carbocycles. The quantitative estimate of drug-likeness (QED) is 0.440. The molecule has 0 aromatic carbocycles. The van der Waals surface area contributed by atoms with Gasteiger partial charge < -0.3 is 0 Å². The molecule has 2 aliphatic heterocycles. The fourth-order valence-corrected chi connectivity index (χ4v) is 1.84. The lowest BCUT2D eigenvalue weighted by molar-refractivity contribution is 0.284. The van der Waals surface area contributed by atoms with Gasteiger partial charge >= 0.3 is 0 Å². The van der Waals surface area contributed by atoms with Crippen LogP contribution in [0.25, 0.3) is 0 Å². The summed E-state index contributed by atoms with van der Waals surface area (Å²) in [5.41, 5.74) is 0. The first-order valence-electron chi connectivity index (χ1n) is 3.87. The van der Waals surface area contributed by atoms with Crippen LogP contribution < -0.4 is 0 Å². The van der Waals surface area contributed by atoms with E-state index in [1.165, 1.54) is 32.4 Å². The molecule has 2 rings (SSSR count). The van der Waals surface area contributed by atoms with Gasteiger partial charge in [0.2, 0.25) is 0 Å². The van der Waals surface area contributed by atoms with Crippen molar-refractivity contribution in [1.29, 1.82) is 0 Å². The van der Waals surface area contributed by atoms with Crippen molar-refractivity contribution in [2.24, 2.45) is 0 Å². The third-order valence-electron chi connectivity index (χ3n) is 2.36. The molecule has 0 N–H and O–H groups in total. The molecule has 0 aliphatic carbocycles. The van der Waals surface area contributed by atoms with E-state index in [0.29, 0.717) is 0 Å². The maximum absolute atomic E-state index is 2.58. The first-order valence-corrected chi connectivity index (χ1v) is 3.87. The Balaban J connectivity index is 2.10. The highest BCUT2D eigenvalue weighted by molar-refractivity contribution is 5.01. The Kier molecular flexibility index (Phi) is 1.31. The molecule has 1 heteroatoms. The van der Waals surface area contributed by atoms with Crippen LogP contribution in [0.15, 0.2) is 12.2 Å². The maximum Gasteiger partial charge on any atom is 0.0278 e. The summed E-state index contributed by atoms with van der Waals surface area (Å²) in [6, 6.07) is 0.818. The minimum absolute atomic E-state index is 0.818. The van der Waals surface area contributed by atoms with Gasteiger partial charge in [0.15, 0.2) is 0 Å². The average Bonchev–Trinajstić information content (AvgIpc) is 2.33. The molecule has 0 radical (unpaired) electrons. The van der Waals surface area contributed by atoms with Gasteiger partial charge in [-0.1, -0.05) is 12.2 Å². The van der Waals surface area contributed by atoms with Crippen LogP contribution in [0.4, 0.5) is 0 Å². The zero-order valence-corrected chi connectivity index (χ0v) is 5.71. The highest BCUT2D eigenvalue weighted by atomic mass is 15.2. The zero-order valence-electron chi connectivity index (χ0n) is 5.71. The van der Waals surface area contributed by atoms with Gasteiger partial charge in [-0.3, -0.25) is 4.90 Å². The topological polar surface area (TPSA) is 3.24 Å². The number of rotatable bonds is 0. The number of fused-ring (bicyclic) bond motifs is 1. The van der Waals surface area contributed by atoms with Gasteiger partial charge in [0.1, 0.15) is 0 Å². The van der Waals surface area contributed by atoms with Crippen molar-refractivity contribution in [3.8, 4) is 0 Å². The first-order chi connectivity index (χ1) is 4.47. The molecule has 9 heavy (non-hydrogen) atoms. The van der Waals surface area contributed by atoms with Crippen molar-refractivity contribution in [1.82, 2.24) is 4.90 Å². The van der Waals surface area contributed by atoms with Gasteiger partial charge in [-0.2, -0.15) is 0 Å². The third-order valence-corrected chi connectivity index (χ3v) is 2.36. The van der Waals surface area contributed by atoms with Gasteiger partial charge in [-0.25, -0.2) is 0 Å². The molecule has 0 unspecified atom stereocenters. The number of nitrogens with zero attached hydrogens (tertiary/aromatic N) is 1. The third kappa shape index (κ3) is 0.897. The van der Waals surface area contributed by atoms with Crippen LogP contribution >= 0.6 is 0 Å². The van der Waals surface area contributed by atoms with E-state index < -0.39 is 0 Å². The highest BCUT2D eigenvalue weighted by Crippen LogP contribution is 2.21. The largest absolute Gasteiger partial charge is 0.297 e. The Morgan fingerprint density at radius 3 is 3.22 bits per heavy atom. The monoisotopic (exact) mass is 123 g/mol. The minimum atomic E-state index is 0.818. The van der Waals surface area contributed by atoms with E-state index >= 15 is 0 Å². The zero-order chi connectivity index (χ0) is 6.10. The Hall–Kier alpha value is -0.300.